The largest absolute Gasteiger partial charge is 0.494 e. The van der Waals surface area contributed by atoms with E-state index in [0.29, 0.717) is 35.4 Å². The van der Waals surface area contributed by atoms with Gasteiger partial charge in [0.25, 0.3) is 11.7 Å². The fraction of sp³-hybridized carbons (Fsp3) is 0.316. The highest BCUT2D eigenvalue weighted by Crippen LogP contribution is 2.26. The van der Waals surface area contributed by atoms with E-state index in [1.807, 2.05) is 6.92 Å². The van der Waals surface area contributed by atoms with Crippen LogP contribution in [0.2, 0.25) is 0 Å². The Labute approximate surface area is 160 Å². The van der Waals surface area contributed by atoms with Crippen LogP contribution >= 0.6 is 11.8 Å². The van der Waals surface area contributed by atoms with Gasteiger partial charge in [-0.25, -0.2) is 4.39 Å². The van der Waals surface area contributed by atoms with Crippen molar-refractivity contribution in [2.75, 3.05) is 25.5 Å². The van der Waals surface area contributed by atoms with E-state index in [9.17, 15) is 18.0 Å². The SMILES string of the molecule is CC[NH+](CC(=O)Nc1ccc(SC(F)F)cc1)Cc1ccc(OC)c(F)c1. The van der Waals surface area contributed by atoms with Crippen LogP contribution in [0.3, 0.4) is 0 Å². The van der Waals surface area contributed by atoms with Gasteiger partial charge in [0.1, 0.15) is 6.54 Å². The van der Waals surface area contributed by atoms with Gasteiger partial charge in [-0.2, -0.15) is 8.78 Å². The van der Waals surface area contributed by atoms with Gasteiger partial charge < -0.3 is 15.0 Å². The summed E-state index contributed by atoms with van der Waals surface area (Å²) in [6.07, 6.45) is 0. The van der Waals surface area contributed by atoms with Gasteiger partial charge in [0.2, 0.25) is 0 Å². The second-order valence-corrected chi connectivity index (χ2v) is 6.94. The highest BCUT2D eigenvalue weighted by Gasteiger charge is 2.15. The van der Waals surface area contributed by atoms with Gasteiger partial charge in [-0.15, -0.1) is 0 Å². The Morgan fingerprint density at radius 1 is 1.22 bits per heavy atom. The number of methoxy groups -OCH3 is 1. The molecule has 4 nitrogen and oxygen atoms in total. The second-order valence-electron chi connectivity index (χ2n) is 5.88. The minimum absolute atomic E-state index is 0.183. The number of thioether (sulfide) groups is 1. The molecule has 0 aliphatic heterocycles. The maximum absolute atomic E-state index is 13.8. The maximum Gasteiger partial charge on any atom is 0.288 e. The number of carbonyl (C=O) groups is 1. The molecule has 0 heterocycles. The average molecular weight is 399 g/mol. The van der Waals surface area contributed by atoms with Gasteiger partial charge >= 0.3 is 0 Å². The molecule has 0 aliphatic carbocycles. The standard InChI is InChI=1S/C19H21F3N2O2S/c1-3-24(11-13-4-9-17(26-2)16(20)10-13)12-18(25)23-14-5-7-15(8-6-14)27-19(21)22/h4-10,19H,3,11-12H2,1-2H3,(H,23,25)/p+1. The Balaban J connectivity index is 1.91. The van der Waals surface area contributed by atoms with Crippen molar-refractivity contribution in [1.29, 1.82) is 0 Å². The van der Waals surface area contributed by atoms with E-state index in [-0.39, 0.29) is 18.2 Å². The number of benzene rings is 2. The smallest absolute Gasteiger partial charge is 0.288 e. The Bertz CT molecular complexity index is 757. The van der Waals surface area contributed by atoms with Gasteiger partial charge in [0, 0.05) is 16.1 Å². The van der Waals surface area contributed by atoms with Crippen molar-refractivity contribution in [3.8, 4) is 5.75 Å². The summed E-state index contributed by atoms with van der Waals surface area (Å²) in [6.45, 7) is 3.33. The molecule has 2 aromatic carbocycles. The summed E-state index contributed by atoms with van der Waals surface area (Å²) in [5, 5.41) is 2.75. The summed E-state index contributed by atoms with van der Waals surface area (Å²) in [5.41, 5.74) is 1.32. The molecule has 27 heavy (non-hydrogen) atoms. The monoisotopic (exact) mass is 399 g/mol. The quantitative estimate of drug-likeness (QED) is 0.637. The van der Waals surface area contributed by atoms with Crippen molar-refractivity contribution in [2.24, 2.45) is 0 Å². The third-order valence-electron chi connectivity index (χ3n) is 3.94. The lowest BCUT2D eigenvalue weighted by molar-refractivity contribution is -0.903. The Morgan fingerprint density at radius 2 is 1.93 bits per heavy atom. The summed E-state index contributed by atoms with van der Waals surface area (Å²) >= 11 is 0.456. The number of hydrogen-bond donors (Lipinski definition) is 2. The van der Waals surface area contributed by atoms with Crippen molar-refractivity contribution in [1.82, 2.24) is 0 Å². The van der Waals surface area contributed by atoms with Crippen LogP contribution < -0.4 is 15.0 Å². The van der Waals surface area contributed by atoms with Gasteiger partial charge in [-0.1, -0.05) is 11.8 Å². The molecule has 0 saturated heterocycles. The summed E-state index contributed by atoms with van der Waals surface area (Å²) < 4.78 is 43.3. The highest BCUT2D eigenvalue weighted by molar-refractivity contribution is 7.99. The topological polar surface area (TPSA) is 42.8 Å². The molecule has 0 aliphatic rings. The molecule has 0 bridgehead atoms. The number of quaternary nitrogens is 1. The van der Waals surface area contributed by atoms with Crippen molar-refractivity contribution in [3.05, 3.63) is 53.8 Å². The molecule has 0 fully saturated rings. The van der Waals surface area contributed by atoms with Gasteiger partial charge in [0.15, 0.2) is 18.1 Å². The number of amides is 1. The van der Waals surface area contributed by atoms with Crippen molar-refractivity contribution in [2.45, 2.75) is 24.1 Å². The zero-order valence-corrected chi connectivity index (χ0v) is 15.9. The predicted octanol–water partition coefficient (Wildman–Crippen LogP) is 3.19. The summed E-state index contributed by atoms with van der Waals surface area (Å²) in [7, 11) is 1.41. The van der Waals surface area contributed by atoms with E-state index in [0.717, 1.165) is 10.5 Å². The number of anilines is 1. The number of ether oxygens (including phenoxy) is 1. The zero-order valence-electron chi connectivity index (χ0n) is 15.1. The van der Waals surface area contributed by atoms with Crippen LogP contribution in [0.4, 0.5) is 18.9 Å². The Morgan fingerprint density at radius 3 is 2.48 bits per heavy atom. The second kappa shape index (κ2) is 10.2. The van der Waals surface area contributed by atoms with Crippen molar-refractivity contribution < 1.29 is 27.6 Å². The highest BCUT2D eigenvalue weighted by atomic mass is 32.2. The van der Waals surface area contributed by atoms with Crippen LogP contribution in [0.15, 0.2) is 47.4 Å². The van der Waals surface area contributed by atoms with Crippen LogP contribution in [0.5, 0.6) is 5.75 Å². The molecule has 1 unspecified atom stereocenters. The van der Waals surface area contributed by atoms with E-state index < -0.39 is 11.6 Å². The molecule has 2 aromatic rings. The first-order valence-electron chi connectivity index (χ1n) is 8.42. The van der Waals surface area contributed by atoms with E-state index in [2.05, 4.69) is 5.32 Å². The first-order chi connectivity index (χ1) is 12.9. The van der Waals surface area contributed by atoms with Gasteiger partial charge in [-0.3, -0.25) is 4.79 Å². The normalized spacial score (nSPS) is 12.1. The van der Waals surface area contributed by atoms with E-state index in [4.69, 9.17) is 4.74 Å². The molecule has 1 atom stereocenters. The zero-order chi connectivity index (χ0) is 19.8. The lowest BCUT2D eigenvalue weighted by Gasteiger charge is -2.18. The molecular formula is C19H22F3N2O2S+. The minimum Gasteiger partial charge on any atom is -0.494 e. The number of halogens is 3. The molecule has 0 saturated carbocycles. The number of nitrogens with one attached hydrogen (secondary N) is 2. The van der Waals surface area contributed by atoms with Crippen LogP contribution in [0.25, 0.3) is 0 Å². The molecule has 8 heteroatoms. The molecule has 2 N–H and O–H groups in total. The Hall–Kier alpha value is -2.19. The van der Waals surface area contributed by atoms with Crippen molar-refractivity contribution in [3.63, 3.8) is 0 Å². The van der Waals surface area contributed by atoms with E-state index >= 15 is 0 Å². The predicted molar refractivity (Wildman–Crippen MR) is 100.0 cm³/mol. The maximum atomic E-state index is 13.8. The first-order valence-corrected chi connectivity index (χ1v) is 9.30. The fourth-order valence-electron chi connectivity index (χ4n) is 2.57. The third kappa shape index (κ3) is 6.80. The third-order valence-corrected chi connectivity index (χ3v) is 4.67. The molecule has 0 spiro atoms. The molecule has 0 radical (unpaired) electrons. The lowest BCUT2D eigenvalue weighted by Crippen LogP contribution is -3.11. The van der Waals surface area contributed by atoms with Crippen LogP contribution in [-0.4, -0.2) is 31.9 Å². The van der Waals surface area contributed by atoms with Crippen LogP contribution in [0.1, 0.15) is 12.5 Å². The summed E-state index contributed by atoms with van der Waals surface area (Å²) in [4.78, 5) is 13.6. The van der Waals surface area contributed by atoms with Gasteiger partial charge in [-0.05, 0) is 49.4 Å². The van der Waals surface area contributed by atoms with E-state index in [1.54, 1.807) is 24.3 Å². The number of carbonyl (C=O) groups excluding carboxylic acids is 1. The number of likely N-dealkylation sites (N-methyl/N-ethyl adjacent to an activating group) is 1. The first kappa shape index (κ1) is 21.1. The summed E-state index contributed by atoms with van der Waals surface area (Å²) in [5.74, 6) is -2.93. The van der Waals surface area contributed by atoms with Crippen LogP contribution in [-0.2, 0) is 11.3 Å². The molecule has 0 aromatic heterocycles. The lowest BCUT2D eigenvalue weighted by atomic mass is 10.2. The molecule has 1 amide bonds. The van der Waals surface area contributed by atoms with Crippen molar-refractivity contribution >= 4 is 23.4 Å². The Kier molecular flexibility index (Phi) is 7.99. The summed E-state index contributed by atoms with van der Waals surface area (Å²) in [6, 6.07) is 11.0. The molecular weight excluding hydrogens is 377 g/mol. The fourth-order valence-corrected chi connectivity index (χ4v) is 3.07. The number of rotatable bonds is 9. The minimum atomic E-state index is -2.48. The molecule has 146 valence electrons. The average Bonchev–Trinajstić information content (AvgIpc) is 2.62. The number of hydrogen-bond acceptors (Lipinski definition) is 3. The number of alkyl halides is 2. The van der Waals surface area contributed by atoms with Crippen LogP contribution in [0, 0.1) is 5.82 Å². The van der Waals surface area contributed by atoms with Gasteiger partial charge in [0.05, 0.1) is 13.7 Å². The van der Waals surface area contributed by atoms with E-state index in [1.165, 1.54) is 25.3 Å². The molecule has 2 rings (SSSR count).